The monoisotopic (exact) mass is 531 g/mol. The summed E-state index contributed by atoms with van der Waals surface area (Å²) in [5.41, 5.74) is 1.67. The van der Waals surface area contributed by atoms with E-state index in [9.17, 15) is 24.3 Å². The molecule has 2 aliphatic carbocycles. The lowest BCUT2D eigenvalue weighted by Gasteiger charge is -2.39. The summed E-state index contributed by atoms with van der Waals surface area (Å²) in [7, 11) is 0. The van der Waals surface area contributed by atoms with E-state index in [0.717, 1.165) is 10.1 Å². The van der Waals surface area contributed by atoms with Crippen LogP contribution in [0.25, 0.3) is 5.69 Å². The summed E-state index contributed by atoms with van der Waals surface area (Å²) < 4.78 is 4.08. The Morgan fingerprint density at radius 2 is 1.63 bits per heavy atom. The summed E-state index contributed by atoms with van der Waals surface area (Å²) in [6, 6.07) is 14.5. The molecule has 3 aliphatic rings. The van der Waals surface area contributed by atoms with Crippen LogP contribution in [0.15, 0.2) is 97.5 Å². The van der Waals surface area contributed by atoms with Crippen molar-refractivity contribution in [2.24, 2.45) is 0 Å². The highest BCUT2D eigenvalue weighted by Crippen LogP contribution is 2.50. The highest BCUT2D eigenvalue weighted by Gasteiger charge is 2.45. The van der Waals surface area contributed by atoms with Crippen LogP contribution in [0.5, 0.6) is 5.75 Å². The van der Waals surface area contributed by atoms with Gasteiger partial charge < -0.3 is 5.11 Å². The zero-order valence-electron chi connectivity index (χ0n) is 18.2. The van der Waals surface area contributed by atoms with Gasteiger partial charge in [0.2, 0.25) is 0 Å². The van der Waals surface area contributed by atoms with Gasteiger partial charge in [-0.1, -0.05) is 36.4 Å². The molecule has 0 radical (unpaired) electrons. The fourth-order valence-electron chi connectivity index (χ4n) is 5.32. The number of halogens is 1. The first-order chi connectivity index (χ1) is 16.9. The Morgan fingerprint density at radius 3 is 2.34 bits per heavy atom. The minimum atomic E-state index is -0.624. The van der Waals surface area contributed by atoms with Gasteiger partial charge >= 0.3 is 11.4 Å². The zero-order chi connectivity index (χ0) is 24.4. The van der Waals surface area contributed by atoms with Gasteiger partial charge in [-0.3, -0.25) is 9.59 Å². The first kappa shape index (κ1) is 21.5. The van der Waals surface area contributed by atoms with Crippen LogP contribution in [0.3, 0.4) is 0 Å². The number of carbonyl (C=O) groups is 2. The average molecular weight is 532 g/mol. The SMILES string of the molecule is O=C1C=C(Br)C(=O)C2=C1C(c1ccc(O)cc1)C1=CCn3c(=O)n(-c4ccccc4)c(=O)n3C1C2. The number of benzene rings is 2. The fourth-order valence-corrected chi connectivity index (χ4v) is 5.77. The van der Waals surface area contributed by atoms with Gasteiger partial charge in [-0.25, -0.2) is 23.5 Å². The molecule has 0 bridgehead atoms. The Morgan fingerprint density at radius 1 is 0.914 bits per heavy atom. The quantitative estimate of drug-likeness (QED) is 0.404. The minimum absolute atomic E-state index is 0.0756. The number of phenols is 1. The van der Waals surface area contributed by atoms with E-state index >= 15 is 0 Å². The molecular formula is C26H18BrN3O5. The summed E-state index contributed by atoms with van der Waals surface area (Å²) in [6.45, 7) is 0.151. The second-order valence-electron chi connectivity index (χ2n) is 8.69. The van der Waals surface area contributed by atoms with Gasteiger partial charge in [0.25, 0.3) is 0 Å². The molecule has 9 heteroatoms. The number of Topliss-reactive ketones (excluding diaryl/α,β-unsaturated/α-hetero) is 1. The van der Waals surface area contributed by atoms with E-state index < -0.39 is 23.3 Å². The number of allylic oxidation sites excluding steroid dienone is 6. The maximum Gasteiger partial charge on any atom is 0.352 e. The van der Waals surface area contributed by atoms with E-state index in [1.165, 1.54) is 27.6 Å². The molecule has 2 aromatic carbocycles. The van der Waals surface area contributed by atoms with E-state index in [4.69, 9.17) is 0 Å². The second-order valence-corrected chi connectivity index (χ2v) is 9.54. The van der Waals surface area contributed by atoms with Crippen LogP contribution >= 0.6 is 15.9 Å². The molecule has 0 amide bonds. The van der Waals surface area contributed by atoms with Gasteiger partial charge in [-0.15, -0.1) is 0 Å². The first-order valence-corrected chi connectivity index (χ1v) is 11.8. The van der Waals surface area contributed by atoms with Gasteiger partial charge in [0.1, 0.15) is 5.75 Å². The number of aromatic nitrogens is 3. The van der Waals surface area contributed by atoms with Crippen molar-refractivity contribution in [2.75, 3.05) is 0 Å². The third-order valence-corrected chi connectivity index (χ3v) is 7.43. The zero-order valence-corrected chi connectivity index (χ0v) is 19.8. The lowest BCUT2D eigenvalue weighted by Crippen LogP contribution is -2.40. The van der Waals surface area contributed by atoms with E-state index in [-0.39, 0.29) is 34.8 Å². The highest BCUT2D eigenvalue weighted by atomic mass is 79.9. The molecule has 0 spiro atoms. The number of aromatic hydroxyl groups is 1. The van der Waals surface area contributed by atoms with Crippen LogP contribution in [0.1, 0.15) is 23.9 Å². The van der Waals surface area contributed by atoms with E-state index in [2.05, 4.69) is 15.9 Å². The van der Waals surface area contributed by atoms with Crippen LogP contribution in [0.2, 0.25) is 0 Å². The Bertz CT molecular complexity index is 1630. The Kier molecular flexibility index (Phi) is 4.79. The van der Waals surface area contributed by atoms with E-state index in [0.29, 0.717) is 22.4 Å². The number of fused-ring (bicyclic) bond motifs is 3. The van der Waals surface area contributed by atoms with Crippen LogP contribution < -0.4 is 11.4 Å². The summed E-state index contributed by atoms with van der Waals surface area (Å²) in [5, 5.41) is 9.81. The number of ketones is 2. The molecular weight excluding hydrogens is 514 g/mol. The van der Waals surface area contributed by atoms with Crippen molar-refractivity contribution in [1.82, 2.24) is 13.9 Å². The van der Waals surface area contributed by atoms with Gasteiger partial charge in [0, 0.05) is 29.6 Å². The average Bonchev–Trinajstić information content (AvgIpc) is 3.12. The Balaban J connectivity index is 1.59. The molecule has 1 N–H and O–H groups in total. The van der Waals surface area contributed by atoms with Gasteiger partial charge in [0.15, 0.2) is 11.6 Å². The molecule has 3 aromatic rings. The van der Waals surface area contributed by atoms with Crippen molar-refractivity contribution in [2.45, 2.75) is 24.9 Å². The van der Waals surface area contributed by atoms with Crippen molar-refractivity contribution in [3.8, 4) is 11.4 Å². The molecule has 0 saturated heterocycles. The maximum atomic E-state index is 13.6. The smallest absolute Gasteiger partial charge is 0.352 e. The lowest BCUT2D eigenvalue weighted by atomic mass is 9.69. The topological polar surface area (TPSA) is 103 Å². The number of para-hydroxylation sites is 1. The summed E-state index contributed by atoms with van der Waals surface area (Å²) >= 11 is 3.20. The molecule has 35 heavy (non-hydrogen) atoms. The number of phenolic OH excluding ortho intramolecular Hbond substituents is 1. The number of rotatable bonds is 2. The molecule has 1 aromatic heterocycles. The molecule has 2 heterocycles. The molecule has 0 fully saturated rings. The molecule has 6 rings (SSSR count). The van der Waals surface area contributed by atoms with Gasteiger partial charge in [-0.2, -0.15) is 0 Å². The maximum absolute atomic E-state index is 13.6. The summed E-state index contributed by atoms with van der Waals surface area (Å²) in [6.07, 6.45) is 3.26. The molecule has 8 nitrogen and oxygen atoms in total. The molecule has 174 valence electrons. The van der Waals surface area contributed by atoms with Crippen molar-refractivity contribution in [3.63, 3.8) is 0 Å². The van der Waals surface area contributed by atoms with Gasteiger partial charge in [0.05, 0.1) is 22.8 Å². The number of carbonyl (C=O) groups excluding carboxylic acids is 2. The number of hydrogen-bond donors (Lipinski definition) is 1. The molecule has 2 unspecified atom stereocenters. The standard InChI is InChI=1S/C26H18BrN3O5/c27-19-13-21(32)23-18(24(19)33)12-20-17(22(23)14-6-8-16(31)9-7-14)10-11-28-25(34)29(26(35)30(20)28)15-4-2-1-3-5-15/h1-10,13,20,22,31H,11-12H2. The van der Waals surface area contributed by atoms with Crippen molar-refractivity contribution in [3.05, 3.63) is 114 Å². The largest absolute Gasteiger partial charge is 0.508 e. The second kappa shape index (κ2) is 7.78. The number of hydrogen-bond acceptors (Lipinski definition) is 5. The number of nitrogens with zero attached hydrogens (tertiary/aromatic N) is 3. The van der Waals surface area contributed by atoms with Crippen molar-refractivity contribution >= 4 is 27.5 Å². The normalized spacial score (nSPS) is 21.2. The molecule has 2 atom stereocenters. The van der Waals surface area contributed by atoms with Crippen molar-refractivity contribution < 1.29 is 14.7 Å². The molecule has 0 saturated carbocycles. The third-order valence-electron chi connectivity index (χ3n) is 6.84. The Labute approximate surface area is 206 Å². The molecule has 1 aliphatic heterocycles. The predicted octanol–water partition coefficient (Wildman–Crippen LogP) is 2.90. The van der Waals surface area contributed by atoms with E-state index in [1.54, 1.807) is 42.5 Å². The van der Waals surface area contributed by atoms with E-state index in [1.807, 2.05) is 6.08 Å². The fraction of sp³-hybridized carbons (Fsp3) is 0.154. The van der Waals surface area contributed by atoms with Crippen LogP contribution in [-0.2, 0) is 16.1 Å². The van der Waals surface area contributed by atoms with Crippen LogP contribution in [-0.4, -0.2) is 30.6 Å². The van der Waals surface area contributed by atoms with Crippen LogP contribution in [0, 0.1) is 0 Å². The van der Waals surface area contributed by atoms with Gasteiger partial charge in [-0.05, 0) is 51.3 Å². The van der Waals surface area contributed by atoms with Crippen LogP contribution in [0.4, 0.5) is 0 Å². The summed E-state index contributed by atoms with van der Waals surface area (Å²) in [5.74, 6) is -1.10. The first-order valence-electron chi connectivity index (χ1n) is 11.0. The Hall–Kier alpha value is -3.98. The highest BCUT2D eigenvalue weighted by molar-refractivity contribution is 9.12. The lowest BCUT2D eigenvalue weighted by molar-refractivity contribution is -0.115. The minimum Gasteiger partial charge on any atom is -0.508 e. The third kappa shape index (κ3) is 3.11. The van der Waals surface area contributed by atoms with Crippen molar-refractivity contribution in [1.29, 1.82) is 0 Å². The predicted molar refractivity (Wildman–Crippen MR) is 131 cm³/mol. The summed E-state index contributed by atoms with van der Waals surface area (Å²) in [4.78, 5) is 53.2.